The van der Waals surface area contributed by atoms with Crippen molar-refractivity contribution < 1.29 is 4.79 Å². The van der Waals surface area contributed by atoms with Gasteiger partial charge in [0.2, 0.25) is 0 Å². The first kappa shape index (κ1) is 17.5. The molecule has 4 rings (SSSR count). The first-order valence-corrected chi connectivity index (χ1v) is 9.48. The van der Waals surface area contributed by atoms with Crippen LogP contribution in [-0.2, 0) is 6.54 Å². The Morgan fingerprint density at radius 3 is 2.48 bits per heavy atom. The number of carbonyl (C=O) groups is 1. The van der Waals surface area contributed by atoms with Crippen LogP contribution in [0.3, 0.4) is 0 Å². The number of aromatic nitrogens is 2. The minimum atomic E-state index is 0.0665. The van der Waals surface area contributed by atoms with Crippen molar-refractivity contribution in [1.82, 2.24) is 20.0 Å². The van der Waals surface area contributed by atoms with Crippen molar-refractivity contribution in [3.05, 3.63) is 78.0 Å². The third-order valence-corrected chi connectivity index (χ3v) is 4.85. The number of carbonyl (C=O) groups excluding carboxylic acids is 1. The van der Waals surface area contributed by atoms with Gasteiger partial charge in [-0.2, -0.15) is 5.10 Å². The van der Waals surface area contributed by atoms with E-state index in [4.69, 9.17) is 5.10 Å². The molecule has 0 atom stereocenters. The first-order chi connectivity index (χ1) is 13.3. The van der Waals surface area contributed by atoms with Crippen LogP contribution in [-0.4, -0.2) is 46.8 Å². The standard InChI is InChI=1S/C22H24N4O/c27-22(25-14-7-12-23-13-15-25)20-17-26(16-18-8-3-1-4-9-18)24-21(20)19-10-5-2-6-11-19/h1-6,8-11,17,23H,7,12-16H2. The number of hydrogen-bond donors (Lipinski definition) is 1. The molecule has 138 valence electrons. The van der Waals surface area contributed by atoms with Crippen molar-refractivity contribution in [2.24, 2.45) is 0 Å². The van der Waals surface area contributed by atoms with Crippen LogP contribution < -0.4 is 5.32 Å². The molecule has 1 aliphatic rings. The molecule has 0 radical (unpaired) electrons. The molecule has 5 heteroatoms. The zero-order valence-electron chi connectivity index (χ0n) is 15.3. The summed E-state index contributed by atoms with van der Waals surface area (Å²) in [6.07, 6.45) is 2.88. The lowest BCUT2D eigenvalue weighted by atomic mass is 10.1. The topological polar surface area (TPSA) is 50.2 Å². The van der Waals surface area contributed by atoms with Gasteiger partial charge < -0.3 is 10.2 Å². The molecule has 5 nitrogen and oxygen atoms in total. The maximum Gasteiger partial charge on any atom is 0.257 e. The third-order valence-electron chi connectivity index (χ3n) is 4.85. The maximum atomic E-state index is 13.3. The molecule has 27 heavy (non-hydrogen) atoms. The van der Waals surface area contributed by atoms with Gasteiger partial charge in [-0.15, -0.1) is 0 Å². The molecule has 1 fully saturated rings. The monoisotopic (exact) mass is 360 g/mol. The SMILES string of the molecule is O=C(c1cn(Cc2ccccc2)nc1-c1ccccc1)N1CCCNCC1. The largest absolute Gasteiger partial charge is 0.337 e. The van der Waals surface area contributed by atoms with Crippen molar-refractivity contribution in [3.8, 4) is 11.3 Å². The predicted molar refractivity (Wildman–Crippen MR) is 107 cm³/mol. The fourth-order valence-electron chi connectivity index (χ4n) is 3.46. The minimum Gasteiger partial charge on any atom is -0.337 e. The molecule has 0 aliphatic carbocycles. The molecule has 0 saturated carbocycles. The van der Waals surface area contributed by atoms with Crippen LogP contribution in [0.5, 0.6) is 0 Å². The minimum absolute atomic E-state index is 0.0665. The van der Waals surface area contributed by atoms with E-state index in [1.165, 1.54) is 0 Å². The predicted octanol–water partition coefficient (Wildman–Crippen LogP) is 3.03. The first-order valence-electron chi connectivity index (χ1n) is 9.48. The molecule has 0 spiro atoms. The van der Waals surface area contributed by atoms with Crippen molar-refractivity contribution in [1.29, 1.82) is 0 Å². The van der Waals surface area contributed by atoms with E-state index in [-0.39, 0.29) is 5.91 Å². The van der Waals surface area contributed by atoms with Crippen molar-refractivity contribution in [2.75, 3.05) is 26.2 Å². The smallest absolute Gasteiger partial charge is 0.257 e. The highest BCUT2D eigenvalue weighted by atomic mass is 16.2. The molecule has 0 unspecified atom stereocenters. The molecular formula is C22H24N4O. The highest BCUT2D eigenvalue weighted by Gasteiger charge is 2.23. The lowest BCUT2D eigenvalue weighted by Gasteiger charge is -2.19. The summed E-state index contributed by atoms with van der Waals surface area (Å²) in [6, 6.07) is 20.2. The molecule has 1 aliphatic heterocycles. The van der Waals surface area contributed by atoms with Crippen LogP contribution >= 0.6 is 0 Å². The highest BCUT2D eigenvalue weighted by Crippen LogP contribution is 2.24. The van der Waals surface area contributed by atoms with E-state index in [0.717, 1.165) is 49.4 Å². The Hall–Kier alpha value is -2.92. The normalized spacial score (nSPS) is 14.7. The van der Waals surface area contributed by atoms with Gasteiger partial charge in [-0.05, 0) is 18.5 Å². The van der Waals surface area contributed by atoms with E-state index in [9.17, 15) is 4.79 Å². The van der Waals surface area contributed by atoms with Crippen LogP contribution in [0.1, 0.15) is 22.3 Å². The van der Waals surface area contributed by atoms with E-state index in [0.29, 0.717) is 12.1 Å². The second kappa shape index (κ2) is 8.18. The molecule has 2 heterocycles. The Bertz CT molecular complexity index is 881. The highest BCUT2D eigenvalue weighted by molar-refractivity contribution is 5.99. The number of nitrogens with zero attached hydrogens (tertiary/aromatic N) is 3. The van der Waals surface area contributed by atoms with Crippen molar-refractivity contribution >= 4 is 5.91 Å². The molecular weight excluding hydrogens is 336 g/mol. The van der Waals surface area contributed by atoms with E-state index in [2.05, 4.69) is 17.4 Å². The summed E-state index contributed by atoms with van der Waals surface area (Å²) >= 11 is 0. The Morgan fingerprint density at radius 2 is 1.70 bits per heavy atom. The Kier molecular flexibility index (Phi) is 5.30. The molecule has 1 saturated heterocycles. The summed E-state index contributed by atoms with van der Waals surface area (Å²) in [5.41, 5.74) is 3.57. The second-order valence-corrected chi connectivity index (χ2v) is 6.84. The third kappa shape index (κ3) is 4.09. The Morgan fingerprint density at radius 1 is 0.963 bits per heavy atom. The van der Waals surface area contributed by atoms with Crippen LogP contribution in [0.25, 0.3) is 11.3 Å². The summed E-state index contributed by atoms with van der Waals surface area (Å²) in [6.45, 7) is 3.96. The summed E-state index contributed by atoms with van der Waals surface area (Å²) in [7, 11) is 0. The number of amides is 1. The van der Waals surface area contributed by atoms with E-state index >= 15 is 0 Å². The van der Waals surface area contributed by atoms with Crippen molar-refractivity contribution in [3.63, 3.8) is 0 Å². The van der Waals surface area contributed by atoms with Gasteiger partial charge in [0.15, 0.2) is 0 Å². The Balaban J connectivity index is 1.68. The lowest BCUT2D eigenvalue weighted by Crippen LogP contribution is -2.34. The zero-order valence-corrected chi connectivity index (χ0v) is 15.3. The van der Waals surface area contributed by atoms with Gasteiger partial charge in [-0.3, -0.25) is 9.48 Å². The van der Waals surface area contributed by atoms with Gasteiger partial charge in [-0.1, -0.05) is 60.7 Å². The maximum absolute atomic E-state index is 13.3. The van der Waals surface area contributed by atoms with Gasteiger partial charge >= 0.3 is 0 Å². The lowest BCUT2D eigenvalue weighted by molar-refractivity contribution is 0.0767. The van der Waals surface area contributed by atoms with E-state index in [1.807, 2.05) is 64.3 Å². The summed E-state index contributed by atoms with van der Waals surface area (Å²) < 4.78 is 1.88. The number of rotatable bonds is 4. The fourth-order valence-corrected chi connectivity index (χ4v) is 3.46. The van der Waals surface area contributed by atoms with Gasteiger partial charge in [-0.25, -0.2) is 0 Å². The zero-order chi connectivity index (χ0) is 18.5. The molecule has 1 aromatic heterocycles. The van der Waals surface area contributed by atoms with E-state index < -0.39 is 0 Å². The van der Waals surface area contributed by atoms with Gasteiger partial charge in [0, 0.05) is 31.4 Å². The van der Waals surface area contributed by atoms with Crippen molar-refractivity contribution in [2.45, 2.75) is 13.0 Å². The van der Waals surface area contributed by atoms with Gasteiger partial charge in [0.1, 0.15) is 5.69 Å². The van der Waals surface area contributed by atoms with Crippen LogP contribution in [0, 0.1) is 0 Å². The Labute approximate surface area is 159 Å². The molecule has 3 aromatic rings. The van der Waals surface area contributed by atoms with Crippen LogP contribution in [0.15, 0.2) is 66.9 Å². The molecule has 1 amide bonds. The van der Waals surface area contributed by atoms with Gasteiger partial charge in [0.25, 0.3) is 5.91 Å². The number of benzene rings is 2. The summed E-state index contributed by atoms with van der Waals surface area (Å²) in [4.78, 5) is 15.2. The van der Waals surface area contributed by atoms with E-state index in [1.54, 1.807) is 0 Å². The number of hydrogen-bond acceptors (Lipinski definition) is 3. The van der Waals surface area contributed by atoms with Crippen LogP contribution in [0.2, 0.25) is 0 Å². The molecule has 1 N–H and O–H groups in total. The average Bonchev–Trinajstić information content (AvgIpc) is 2.94. The summed E-state index contributed by atoms with van der Waals surface area (Å²) in [5, 5.41) is 8.12. The fraction of sp³-hybridized carbons (Fsp3) is 0.273. The van der Waals surface area contributed by atoms with Gasteiger partial charge in [0.05, 0.1) is 12.1 Å². The quantitative estimate of drug-likeness (QED) is 0.778. The summed E-state index contributed by atoms with van der Waals surface area (Å²) in [5.74, 6) is 0.0665. The second-order valence-electron chi connectivity index (χ2n) is 6.84. The molecule has 0 bridgehead atoms. The van der Waals surface area contributed by atoms with Crippen LogP contribution in [0.4, 0.5) is 0 Å². The molecule has 2 aromatic carbocycles. The average molecular weight is 360 g/mol. The number of nitrogens with one attached hydrogen (secondary N) is 1.